The molecule has 0 unspecified atom stereocenters. The number of aromatic nitrogens is 2. The maximum absolute atomic E-state index is 11.2. The number of nitrogens with zero attached hydrogens (tertiary/aromatic N) is 2. The maximum Gasteiger partial charge on any atom is 0.224 e. The summed E-state index contributed by atoms with van der Waals surface area (Å²) in [6, 6.07) is 7.88. The molecule has 19 heavy (non-hydrogen) atoms. The Morgan fingerprint density at radius 2 is 2.05 bits per heavy atom. The number of nitrogens with one attached hydrogen (secondary N) is 2. The van der Waals surface area contributed by atoms with E-state index in [-0.39, 0.29) is 5.91 Å². The van der Waals surface area contributed by atoms with E-state index in [1.54, 1.807) is 13.4 Å². The standard InChI is InChI=1S/C14H18N4O/c1-15-14(19)7-11-3-5-12(6-4-11)17-9-13-8-16-10-18(13)2/h3-6,8,10,17H,7,9H2,1-2H3,(H,15,19). The lowest BCUT2D eigenvalue weighted by atomic mass is 10.1. The van der Waals surface area contributed by atoms with E-state index in [0.717, 1.165) is 23.5 Å². The molecule has 2 N–H and O–H groups in total. The fourth-order valence-corrected chi connectivity index (χ4v) is 1.76. The summed E-state index contributed by atoms with van der Waals surface area (Å²) in [7, 11) is 3.61. The second-order valence-electron chi connectivity index (χ2n) is 4.40. The monoisotopic (exact) mass is 258 g/mol. The van der Waals surface area contributed by atoms with Crippen molar-refractivity contribution in [3.63, 3.8) is 0 Å². The van der Waals surface area contributed by atoms with Gasteiger partial charge >= 0.3 is 0 Å². The molecule has 2 aromatic rings. The molecule has 1 aromatic heterocycles. The van der Waals surface area contributed by atoms with Crippen LogP contribution in [-0.4, -0.2) is 22.5 Å². The molecule has 0 fully saturated rings. The van der Waals surface area contributed by atoms with E-state index in [0.29, 0.717) is 6.42 Å². The van der Waals surface area contributed by atoms with Gasteiger partial charge in [-0.05, 0) is 17.7 Å². The first kappa shape index (κ1) is 13.1. The van der Waals surface area contributed by atoms with Gasteiger partial charge in [0.2, 0.25) is 5.91 Å². The van der Waals surface area contributed by atoms with Crippen molar-refractivity contribution < 1.29 is 4.79 Å². The predicted molar refractivity (Wildman–Crippen MR) is 74.7 cm³/mol. The molecule has 0 aliphatic rings. The van der Waals surface area contributed by atoms with Crippen LogP contribution < -0.4 is 10.6 Å². The van der Waals surface area contributed by atoms with Crippen LogP contribution >= 0.6 is 0 Å². The van der Waals surface area contributed by atoms with Crippen molar-refractivity contribution in [3.05, 3.63) is 48.0 Å². The molecule has 2 rings (SSSR count). The Kier molecular flexibility index (Phi) is 4.18. The third-order valence-electron chi connectivity index (χ3n) is 2.99. The van der Waals surface area contributed by atoms with E-state index in [9.17, 15) is 4.79 Å². The van der Waals surface area contributed by atoms with E-state index >= 15 is 0 Å². The van der Waals surface area contributed by atoms with Crippen LogP contribution in [0.2, 0.25) is 0 Å². The zero-order valence-electron chi connectivity index (χ0n) is 11.2. The van der Waals surface area contributed by atoms with Crippen LogP contribution in [0.5, 0.6) is 0 Å². The Bertz CT molecular complexity index is 545. The number of anilines is 1. The van der Waals surface area contributed by atoms with Crippen LogP contribution in [-0.2, 0) is 24.8 Å². The van der Waals surface area contributed by atoms with E-state index in [1.807, 2.05) is 42.1 Å². The van der Waals surface area contributed by atoms with Gasteiger partial charge in [0.05, 0.1) is 25.0 Å². The average Bonchev–Trinajstić information content (AvgIpc) is 2.83. The third-order valence-corrected chi connectivity index (χ3v) is 2.99. The quantitative estimate of drug-likeness (QED) is 0.850. The highest BCUT2D eigenvalue weighted by atomic mass is 16.1. The zero-order valence-corrected chi connectivity index (χ0v) is 11.2. The van der Waals surface area contributed by atoms with Crippen molar-refractivity contribution >= 4 is 11.6 Å². The number of likely N-dealkylation sites (N-methyl/N-ethyl adjacent to an activating group) is 1. The number of aryl methyl sites for hydroxylation is 1. The highest BCUT2D eigenvalue weighted by Gasteiger charge is 2.01. The molecule has 1 aromatic carbocycles. The summed E-state index contributed by atoms with van der Waals surface area (Å²) < 4.78 is 1.98. The Hall–Kier alpha value is -2.30. The summed E-state index contributed by atoms with van der Waals surface area (Å²) in [5.74, 6) is 0.0237. The fourth-order valence-electron chi connectivity index (χ4n) is 1.76. The largest absolute Gasteiger partial charge is 0.379 e. The molecule has 100 valence electrons. The van der Waals surface area contributed by atoms with Crippen LogP contribution in [0.25, 0.3) is 0 Å². The van der Waals surface area contributed by atoms with Gasteiger partial charge in [0.25, 0.3) is 0 Å². The number of amides is 1. The summed E-state index contributed by atoms with van der Waals surface area (Å²) in [5.41, 5.74) is 3.15. The number of rotatable bonds is 5. The van der Waals surface area contributed by atoms with Crippen molar-refractivity contribution in [2.24, 2.45) is 7.05 Å². The molecule has 5 heteroatoms. The average molecular weight is 258 g/mol. The minimum atomic E-state index is 0.0237. The predicted octanol–water partition coefficient (Wildman–Crippen LogP) is 1.32. The lowest BCUT2D eigenvalue weighted by Crippen LogP contribution is -2.19. The second kappa shape index (κ2) is 6.04. The summed E-state index contributed by atoms with van der Waals surface area (Å²) in [4.78, 5) is 15.3. The molecule has 0 saturated heterocycles. The van der Waals surface area contributed by atoms with Crippen LogP contribution in [0, 0.1) is 0 Å². The first-order chi connectivity index (χ1) is 9.19. The molecular weight excluding hydrogens is 240 g/mol. The lowest BCUT2D eigenvalue weighted by Gasteiger charge is -2.08. The number of imidazole rings is 1. The van der Waals surface area contributed by atoms with Crippen LogP contribution in [0.15, 0.2) is 36.8 Å². The van der Waals surface area contributed by atoms with E-state index < -0.39 is 0 Å². The minimum Gasteiger partial charge on any atom is -0.379 e. The molecule has 0 saturated carbocycles. The maximum atomic E-state index is 11.2. The molecule has 0 atom stereocenters. The van der Waals surface area contributed by atoms with E-state index in [4.69, 9.17) is 0 Å². The third kappa shape index (κ3) is 3.58. The Labute approximate surface area is 112 Å². The normalized spacial score (nSPS) is 10.2. The number of benzene rings is 1. The van der Waals surface area contributed by atoms with Crippen molar-refractivity contribution in [3.8, 4) is 0 Å². The van der Waals surface area contributed by atoms with Crippen LogP contribution in [0.1, 0.15) is 11.3 Å². The highest BCUT2D eigenvalue weighted by Crippen LogP contribution is 2.11. The van der Waals surface area contributed by atoms with Gasteiger partial charge in [0.1, 0.15) is 0 Å². The molecule has 1 heterocycles. The van der Waals surface area contributed by atoms with Crippen molar-refractivity contribution in [2.75, 3.05) is 12.4 Å². The van der Waals surface area contributed by atoms with Gasteiger partial charge in [-0.2, -0.15) is 0 Å². The van der Waals surface area contributed by atoms with Gasteiger partial charge < -0.3 is 15.2 Å². The van der Waals surface area contributed by atoms with Gasteiger partial charge in [0, 0.05) is 26.0 Å². The summed E-state index contributed by atoms with van der Waals surface area (Å²) >= 11 is 0. The number of hydrogen-bond acceptors (Lipinski definition) is 3. The molecule has 1 amide bonds. The molecule has 0 spiro atoms. The Morgan fingerprint density at radius 3 is 2.63 bits per heavy atom. The van der Waals surface area contributed by atoms with E-state index in [1.165, 1.54) is 0 Å². The smallest absolute Gasteiger partial charge is 0.224 e. The molecule has 0 bridgehead atoms. The summed E-state index contributed by atoms with van der Waals surface area (Å²) in [5, 5.41) is 5.93. The van der Waals surface area contributed by atoms with Crippen LogP contribution in [0.4, 0.5) is 5.69 Å². The SMILES string of the molecule is CNC(=O)Cc1ccc(NCc2cncn2C)cc1. The first-order valence-corrected chi connectivity index (χ1v) is 6.17. The molecular formula is C14H18N4O. The zero-order chi connectivity index (χ0) is 13.7. The second-order valence-corrected chi connectivity index (χ2v) is 4.40. The molecule has 5 nitrogen and oxygen atoms in total. The van der Waals surface area contributed by atoms with Gasteiger partial charge in [-0.15, -0.1) is 0 Å². The van der Waals surface area contributed by atoms with E-state index in [2.05, 4.69) is 15.6 Å². The minimum absolute atomic E-state index is 0.0237. The van der Waals surface area contributed by atoms with Crippen molar-refractivity contribution in [1.82, 2.24) is 14.9 Å². The molecule has 0 aliphatic heterocycles. The van der Waals surface area contributed by atoms with Gasteiger partial charge in [-0.3, -0.25) is 4.79 Å². The van der Waals surface area contributed by atoms with Gasteiger partial charge in [0.15, 0.2) is 0 Å². The number of hydrogen-bond donors (Lipinski definition) is 2. The topological polar surface area (TPSA) is 59.0 Å². The Morgan fingerprint density at radius 1 is 1.32 bits per heavy atom. The summed E-state index contributed by atoms with van der Waals surface area (Å²) in [6.07, 6.45) is 4.04. The highest BCUT2D eigenvalue weighted by molar-refractivity contribution is 5.78. The Balaban J connectivity index is 1.92. The number of carbonyl (C=O) groups excluding carboxylic acids is 1. The number of carbonyl (C=O) groups is 1. The van der Waals surface area contributed by atoms with Gasteiger partial charge in [-0.25, -0.2) is 4.98 Å². The lowest BCUT2D eigenvalue weighted by molar-refractivity contribution is -0.119. The van der Waals surface area contributed by atoms with Crippen molar-refractivity contribution in [2.45, 2.75) is 13.0 Å². The fraction of sp³-hybridized carbons (Fsp3) is 0.286. The molecule has 0 aliphatic carbocycles. The first-order valence-electron chi connectivity index (χ1n) is 6.17. The van der Waals surface area contributed by atoms with Crippen LogP contribution in [0.3, 0.4) is 0 Å². The summed E-state index contributed by atoms with van der Waals surface area (Å²) in [6.45, 7) is 0.727. The van der Waals surface area contributed by atoms with Gasteiger partial charge in [-0.1, -0.05) is 12.1 Å². The van der Waals surface area contributed by atoms with Crippen molar-refractivity contribution in [1.29, 1.82) is 0 Å². The molecule has 0 radical (unpaired) electrons.